The summed E-state index contributed by atoms with van der Waals surface area (Å²) < 4.78 is 8.25. The number of rotatable bonds is 4. The highest BCUT2D eigenvalue weighted by Crippen LogP contribution is 2.35. The van der Waals surface area contributed by atoms with Gasteiger partial charge in [-0.25, -0.2) is 0 Å². The summed E-state index contributed by atoms with van der Waals surface area (Å²) in [5.41, 5.74) is 2.41. The standard InChI is InChI=1S/C17H12Br3NO/c1-2-22-17-15(19)8-11(9-16(17)20)7-13(10-21)12-3-5-14(18)6-4-12/h3-9H,2H2,1H3/b13-7+. The number of ether oxygens (including phenoxy) is 1. The van der Waals surface area contributed by atoms with Crippen LogP contribution in [0.2, 0.25) is 0 Å². The SMILES string of the molecule is CCOc1c(Br)cc(/C=C(\C#N)c2ccc(Br)cc2)cc1Br. The molecule has 2 nitrogen and oxygen atoms in total. The third kappa shape index (κ3) is 4.22. The van der Waals surface area contributed by atoms with Crippen molar-refractivity contribution in [3.05, 3.63) is 60.9 Å². The Morgan fingerprint density at radius 2 is 1.73 bits per heavy atom. The van der Waals surface area contributed by atoms with Crippen LogP contribution in [0.3, 0.4) is 0 Å². The molecule has 0 saturated heterocycles. The Balaban J connectivity index is 2.42. The Labute approximate surface area is 155 Å². The monoisotopic (exact) mass is 483 g/mol. The quantitative estimate of drug-likeness (QED) is 0.369. The van der Waals surface area contributed by atoms with Crippen LogP contribution in [0.4, 0.5) is 0 Å². The van der Waals surface area contributed by atoms with Crippen LogP contribution in [0.5, 0.6) is 5.75 Å². The molecular formula is C17H12Br3NO. The van der Waals surface area contributed by atoms with Crippen LogP contribution < -0.4 is 4.74 Å². The average Bonchev–Trinajstić information content (AvgIpc) is 2.49. The Morgan fingerprint density at radius 1 is 1.14 bits per heavy atom. The molecular weight excluding hydrogens is 474 g/mol. The molecule has 0 unspecified atom stereocenters. The van der Waals surface area contributed by atoms with Crippen molar-refractivity contribution in [3.63, 3.8) is 0 Å². The summed E-state index contributed by atoms with van der Waals surface area (Å²) in [5.74, 6) is 0.766. The second-order valence-electron chi connectivity index (χ2n) is 4.42. The van der Waals surface area contributed by atoms with E-state index in [1.165, 1.54) is 0 Å². The lowest BCUT2D eigenvalue weighted by molar-refractivity contribution is 0.336. The molecule has 0 spiro atoms. The summed E-state index contributed by atoms with van der Waals surface area (Å²) in [6.45, 7) is 2.53. The molecule has 22 heavy (non-hydrogen) atoms. The lowest BCUT2D eigenvalue weighted by Gasteiger charge is -2.09. The predicted molar refractivity (Wildman–Crippen MR) is 101 cm³/mol. The second-order valence-corrected chi connectivity index (χ2v) is 7.05. The lowest BCUT2D eigenvalue weighted by Crippen LogP contribution is -1.94. The number of hydrogen-bond acceptors (Lipinski definition) is 2. The van der Waals surface area contributed by atoms with Gasteiger partial charge in [-0.05, 0) is 80.3 Å². The first kappa shape index (κ1) is 17.3. The fourth-order valence-corrected chi connectivity index (χ4v) is 3.64. The van der Waals surface area contributed by atoms with Gasteiger partial charge < -0.3 is 4.74 Å². The highest BCUT2D eigenvalue weighted by molar-refractivity contribution is 9.11. The third-order valence-corrected chi connectivity index (χ3v) is 4.60. The molecule has 5 heteroatoms. The van der Waals surface area contributed by atoms with Gasteiger partial charge in [0.15, 0.2) is 0 Å². The Bertz CT molecular complexity index is 722. The molecule has 0 amide bonds. The zero-order chi connectivity index (χ0) is 16.1. The zero-order valence-corrected chi connectivity index (χ0v) is 16.5. The first-order valence-corrected chi connectivity index (χ1v) is 8.92. The normalized spacial score (nSPS) is 11.1. The van der Waals surface area contributed by atoms with E-state index in [9.17, 15) is 5.26 Å². The van der Waals surface area contributed by atoms with Gasteiger partial charge in [0, 0.05) is 4.47 Å². The number of benzene rings is 2. The molecule has 0 heterocycles. The molecule has 2 rings (SSSR count). The van der Waals surface area contributed by atoms with Crippen molar-refractivity contribution in [1.82, 2.24) is 0 Å². The minimum atomic E-state index is 0.592. The van der Waals surface area contributed by atoms with Crippen molar-refractivity contribution < 1.29 is 4.74 Å². The molecule has 0 fully saturated rings. The molecule has 2 aromatic rings. The van der Waals surface area contributed by atoms with Crippen LogP contribution >= 0.6 is 47.8 Å². The molecule has 0 saturated carbocycles. The summed E-state index contributed by atoms with van der Waals surface area (Å²) in [4.78, 5) is 0. The van der Waals surface area contributed by atoms with Gasteiger partial charge in [0.05, 0.1) is 27.2 Å². The number of allylic oxidation sites excluding steroid dienone is 1. The molecule has 0 radical (unpaired) electrons. The Hall–Kier alpha value is -1.09. The first-order valence-electron chi connectivity index (χ1n) is 6.54. The minimum absolute atomic E-state index is 0.592. The smallest absolute Gasteiger partial charge is 0.147 e. The minimum Gasteiger partial charge on any atom is -0.492 e. The van der Waals surface area contributed by atoms with E-state index in [0.717, 1.165) is 30.3 Å². The maximum Gasteiger partial charge on any atom is 0.147 e. The van der Waals surface area contributed by atoms with Gasteiger partial charge in [-0.15, -0.1) is 0 Å². The van der Waals surface area contributed by atoms with Crippen molar-refractivity contribution in [2.24, 2.45) is 0 Å². The van der Waals surface area contributed by atoms with Gasteiger partial charge in [0.25, 0.3) is 0 Å². The lowest BCUT2D eigenvalue weighted by atomic mass is 10.0. The predicted octanol–water partition coefficient (Wildman–Crippen LogP) is 6.44. The van der Waals surface area contributed by atoms with Crippen LogP contribution in [0.15, 0.2) is 49.8 Å². The third-order valence-electron chi connectivity index (χ3n) is 2.90. The van der Waals surface area contributed by atoms with Crippen molar-refractivity contribution >= 4 is 59.4 Å². The molecule has 0 atom stereocenters. The first-order chi connectivity index (χ1) is 10.5. The van der Waals surface area contributed by atoms with Crippen LogP contribution in [0, 0.1) is 11.3 Å². The van der Waals surface area contributed by atoms with Gasteiger partial charge in [-0.2, -0.15) is 5.26 Å². The van der Waals surface area contributed by atoms with Gasteiger partial charge >= 0.3 is 0 Å². The summed E-state index contributed by atoms with van der Waals surface area (Å²) >= 11 is 10.4. The molecule has 0 aliphatic heterocycles. The zero-order valence-electron chi connectivity index (χ0n) is 11.7. The molecule has 0 aromatic heterocycles. The highest BCUT2D eigenvalue weighted by Gasteiger charge is 2.09. The van der Waals surface area contributed by atoms with E-state index >= 15 is 0 Å². The van der Waals surface area contributed by atoms with Crippen LogP contribution in [0.25, 0.3) is 11.6 Å². The van der Waals surface area contributed by atoms with Gasteiger partial charge in [0.1, 0.15) is 5.75 Å². The van der Waals surface area contributed by atoms with Gasteiger partial charge in [0.2, 0.25) is 0 Å². The number of halogens is 3. The number of nitrogens with zero attached hydrogens (tertiary/aromatic N) is 1. The van der Waals surface area contributed by atoms with E-state index < -0.39 is 0 Å². The van der Waals surface area contributed by atoms with Crippen molar-refractivity contribution in [2.75, 3.05) is 6.61 Å². The maximum atomic E-state index is 9.41. The van der Waals surface area contributed by atoms with Crippen molar-refractivity contribution in [2.45, 2.75) is 6.92 Å². The molecule has 0 aliphatic rings. The fourth-order valence-electron chi connectivity index (χ4n) is 1.92. The summed E-state index contributed by atoms with van der Waals surface area (Å²) in [7, 11) is 0. The largest absolute Gasteiger partial charge is 0.492 e. The van der Waals surface area contributed by atoms with Crippen LogP contribution in [-0.4, -0.2) is 6.61 Å². The van der Waals surface area contributed by atoms with E-state index in [0.29, 0.717) is 12.2 Å². The van der Waals surface area contributed by atoms with Gasteiger partial charge in [-0.1, -0.05) is 28.1 Å². The highest BCUT2D eigenvalue weighted by atomic mass is 79.9. The summed E-state index contributed by atoms with van der Waals surface area (Å²) in [6, 6.07) is 13.8. The molecule has 0 bridgehead atoms. The molecule has 0 aliphatic carbocycles. The maximum absolute atomic E-state index is 9.41. The number of nitriles is 1. The Morgan fingerprint density at radius 3 is 2.23 bits per heavy atom. The summed E-state index contributed by atoms with van der Waals surface area (Å²) in [6.07, 6.45) is 1.86. The van der Waals surface area contributed by atoms with E-state index in [1.54, 1.807) is 0 Å². The van der Waals surface area contributed by atoms with Crippen LogP contribution in [-0.2, 0) is 0 Å². The van der Waals surface area contributed by atoms with Gasteiger partial charge in [-0.3, -0.25) is 0 Å². The van der Waals surface area contributed by atoms with E-state index in [2.05, 4.69) is 53.9 Å². The van der Waals surface area contributed by atoms with Crippen LogP contribution in [0.1, 0.15) is 18.1 Å². The number of hydrogen-bond donors (Lipinski definition) is 0. The molecule has 0 N–H and O–H groups in total. The van der Waals surface area contributed by atoms with Crippen molar-refractivity contribution in [1.29, 1.82) is 5.26 Å². The second kappa shape index (κ2) is 7.96. The Kier molecular flexibility index (Phi) is 6.25. The van der Waals surface area contributed by atoms with E-state index in [1.807, 2.05) is 49.4 Å². The molecule has 2 aromatic carbocycles. The topological polar surface area (TPSA) is 33.0 Å². The average molecular weight is 486 g/mol. The van der Waals surface area contributed by atoms with E-state index in [-0.39, 0.29) is 0 Å². The van der Waals surface area contributed by atoms with E-state index in [4.69, 9.17) is 4.74 Å². The summed E-state index contributed by atoms with van der Waals surface area (Å²) in [5, 5.41) is 9.41. The van der Waals surface area contributed by atoms with Crippen molar-refractivity contribution in [3.8, 4) is 11.8 Å². The molecule has 112 valence electrons. The fraction of sp³-hybridized carbons (Fsp3) is 0.118.